The van der Waals surface area contributed by atoms with E-state index < -0.39 is 0 Å². The molecule has 0 radical (unpaired) electrons. The van der Waals surface area contributed by atoms with Crippen molar-refractivity contribution in [3.8, 4) is 10.6 Å². The predicted octanol–water partition coefficient (Wildman–Crippen LogP) is 4.21. The standard InChI is InChI=1S/C17H25N3S/c1-11(2)8-15-16(10-19-12(3)4)21-17(20-15)14-6-7-18-9-13(14)5/h6-7,9,11-12,19H,8,10H2,1-5H3. The van der Waals surface area contributed by atoms with E-state index in [4.69, 9.17) is 4.98 Å². The van der Waals surface area contributed by atoms with Crippen molar-refractivity contribution in [2.45, 2.75) is 53.6 Å². The maximum absolute atomic E-state index is 4.91. The average Bonchev–Trinajstić information content (AvgIpc) is 2.79. The molecule has 3 nitrogen and oxygen atoms in total. The van der Waals surface area contributed by atoms with Crippen LogP contribution in [0.15, 0.2) is 18.5 Å². The van der Waals surface area contributed by atoms with E-state index in [1.165, 1.54) is 21.7 Å². The molecule has 0 amide bonds. The Hall–Kier alpha value is -1.26. The lowest BCUT2D eigenvalue weighted by Crippen LogP contribution is -2.22. The number of aryl methyl sites for hydroxylation is 1. The molecule has 0 atom stereocenters. The van der Waals surface area contributed by atoms with Gasteiger partial charge in [0.1, 0.15) is 5.01 Å². The molecular formula is C17H25N3S. The molecule has 0 aliphatic carbocycles. The van der Waals surface area contributed by atoms with Gasteiger partial charge in [0.25, 0.3) is 0 Å². The third-order valence-corrected chi connectivity index (χ3v) is 4.43. The number of aromatic nitrogens is 2. The van der Waals surface area contributed by atoms with Crippen molar-refractivity contribution in [1.82, 2.24) is 15.3 Å². The molecular weight excluding hydrogens is 278 g/mol. The number of nitrogens with zero attached hydrogens (tertiary/aromatic N) is 2. The number of pyridine rings is 1. The molecule has 0 aromatic carbocycles. The summed E-state index contributed by atoms with van der Waals surface area (Å²) in [4.78, 5) is 10.4. The zero-order valence-electron chi connectivity index (χ0n) is 13.6. The second kappa shape index (κ2) is 7.14. The summed E-state index contributed by atoms with van der Waals surface area (Å²) < 4.78 is 0. The van der Waals surface area contributed by atoms with Gasteiger partial charge in [-0.3, -0.25) is 4.98 Å². The van der Waals surface area contributed by atoms with Crippen molar-refractivity contribution in [3.05, 3.63) is 34.6 Å². The van der Waals surface area contributed by atoms with E-state index >= 15 is 0 Å². The Morgan fingerprint density at radius 2 is 2.00 bits per heavy atom. The molecule has 0 bridgehead atoms. The van der Waals surface area contributed by atoms with Crippen LogP contribution in [-0.2, 0) is 13.0 Å². The van der Waals surface area contributed by atoms with Crippen LogP contribution in [0.25, 0.3) is 10.6 Å². The minimum absolute atomic E-state index is 0.491. The molecule has 0 saturated carbocycles. The fraction of sp³-hybridized carbons (Fsp3) is 0.529. The highest BCUT2D eigenvalue weighted by molar-refractivity contribution is 7.15. The van der Waals surface area contributed by atoms with Crippen LogP contribution >= 0.6 is 11.3 Å². The first-order valence-electron chi connectivity index (χ1n) is 7.60. The third kappa shape index (κ3) is 4.35. The van der Waals surface area contributed by atoms with Crippen LogP contribution in [0.2, 0.25) is 0 Å². The molecule has 114 valence electrons. The molecule has 0 aliphatic heterocycles. The van der Waals surface area contributed by atoms with Crippen LogP contribution in [0, 0.1) is 12.8 Å². The molecule has 0 spiro atoms. The van der Waals surface area contributed by atoms with E-state index in [1.54, 1.807) is 0 Å². The van der Waals surface area contributed by atoms with Crippen molar-refractivity contribution in [2.24, 2.45) is 5.92 Å². The van der Waals surface area contributed by atoms with E-state index in [9.17, 15) is 0 Å². The van der Waals surface area contributed by atoms with Crippen LogP contribution in [0.5, 0.6) is 0 Å². The maximum atomic E-state index is 4.91. The van der Waals surface area contributed by atoms with Gasteiger partial charge in [-0.05, 0) is 30.9 Å². The minimum Gasteiger partial charge on any atom is -0.310 e. The fourth-order valence-electron chi connectivity index (χ4n) is 2.19. The summed E-state index contributed by atoms with van der Waals surface area (Å²) in [5.74, 6) is 0.622. The first-order chi connectivity index (χ1) is 9.97. The van der Waals surface area contributed by atoms with E-state index in [0.717, 1.165) is 18.0 Å². The first kappa shape index (κ1) is 16.1. The Balaban J connectivity index is 2.33. The van der Waals surface area contributed by atoms with Crippen molar-refractivity contribution in [1.29, 1.82) is 0 Å². The maximum Gasteiger partial charge on any atom is 0.124 e. The summed E-state index contributed by atoms with van der Waals surface area (Å²) in [6.45, 7) is 11.8. The SMILES string of the molecule is Cc1cnccc1-c1nc(CC(C)C)c(CNC(C)C)s1. The Kier molecular flexibility index (Phi) is 5.48. The number of nitrogens with one attached hydrogen (secondary N) is 1. The lowest BCUT2D eigenvalue weighted by molar-refractivity contribution is 0.581. The fourth-order valence-corrected chi connectivity index (χ4v) is 3.32. The Morgan fingerprint density at radius 3 is 2.62 bits per heavy atom. The topological polar surface area (TPSA) is 37.8 Å². The van der Waals surface area contributed by atoms with E-state index in [1.807, 2.05) is 23.7 Å². The van der Waals surface area contributed by atoms with Crippen molar-refractivity contribution >= 4 is 11.3 Å². The minimum atomic E-state index is 0.491. The Labute approximate surface area is 131 Å². The van der Waals surface area contributed by atoms with E-state index in [0.29, 0.717) is 12.0 Å². The molecule has 2 aromatic heterocycles. The summed E-state index contributed by atoms with van der Waals surface area (Å²) >= 11 is 1.81. The summed E-state index contributed by atoms with van der Waals surface area (Å²) in [5.41, 5.74) is 3.64. The second-order valence-electron chi connectivity index (χ2n) is 6.21. The average molecular weight is 303 g/mol. The number of hydrogen-bond donors (Lipinski definition) is 1. The van der Waals surface area contributed by atoms with E-state index in [2.05, 4.69) is 51.0 Å². The van der Waals surface area contributed by atoms with Gasteiger partial charge in [0, 0.05) is 35.4 Å². The highest BCUT2D eigenvalue weighted by atomic mass is 32.1. The van der Waals surface area contributed by atoms with Gasteiger partial charge in [-0.15, -0.1) is 11.3 Å². The van der Waals surface area contributed by atoms with Crippen molar-refractivity contribution in [3.63, 3.8) is 0 Å². The van der Waals surface area contributed by atoms with E-state index in [-0.39, 0.29) is 0 Å². The van der Waals surface area contributed by atoms with Crippen LogP contribution in [0.3, 0.4) is 0 Å². The van der Waals surface area contributed by atoms with Gasteiger partial charge in [0.15, 0.2) is 0 Å². The predicted molar refractivity (Wildman–Crippen MR) is 90.6 cm³/mol. The zero-order chi connectivity index (χ0) is 15.4. The molecule has 2 heterocycles. The van der Waals surface area contributed by atoms with Gasteiger partial charge in [-0.2, -0.15) is 0 Å². The molecule has 0 aliphatic rings. The molecule has 0 fully saturated rings. The lowest BCUT2D eigenvalue weighted by atomic mass is 10.1. The van der Waals surface area contributed by atoms with Crippen LogP contribution < -0.4 is 5.32 Å². The van der Waals surface area contributed by atoms with Crippen LogP contribution in [0.4, 0.5) is 0 Å². The summed E-state index contributed by atoms with van der Waals surface area (Å²) in [5, 5.41) is 4.63. The lowest BCUT2D eigenvalue weighted by Gasteiger charge is -2.08. The van der Waals surface area contributed by atoms with Gasteiger partial charge in [-0.1, -0.05) is 27.7 Å². The quantitative estimate of drug-likeness (QED) is 0.868. The smallest absolute Gasteiger partial charge is 0.124 e. The van der Waals surface area contributed by atoms with Crippen molar-refractivity contribution < 1.29 is 0 Å². The number of thiazole rings is 1. The first-order valence-corrected chi connectivity index (χ1v) is 8.42. The molecule has 4 heteroatoms. The molecule has 1 N–H and O–H groups in total. The summed E-state index contributed by atoms with van der Waals surface area (Å²) in [6.07, 6.45) is 4.79. The van der Waals surface area contributed by atoms with Gasteiger partial charge < -0.3 is 5.32 Å². The van der Waals surface area contributed by atoms with Gasteiger partial charge in [0.2, 0.25) is 0 Å². The monoisotopic (exact) mass is 303 g/mol. The summed E-state index contributed by atoms with van der Waals surface area (Å²) in [6, 6.07) is 2.55. The summed E-state index contributed by atoms with van der Waals surface area (Å²) in [7, 11) is 0. The largest absolute Gasteiger partial charge is 0.310 e. The molecule has 21 heavy (non-hydrogen) atoms. The molecule has 0 unspecified atom stereocenters. The zero-order valence-corrected chi connectivity index (χ0v) is 14.4. The van der Waals surface area contributed by atoms with Crippen LogP contribution in [-0.4, -0.2) is 16.0 Å². The Bertz CT molecular complexity index is 587. The van der Waals surface area contributed by atoms with Gasteiger partial charge in [-0.25, -0.2) is 4.98 Å². The third-order valence-electron chi connectivity index (χ3n) is 3.30. The normalized spacial score (nSPS) is 11.6. The van der Waals surface area contributed by atoms with Crippen LogP contribution in [0.1, 0.15) is 43.8 Å². The van der Waals surface area contributed by atoms with Gasteiger partial charge >= 0.3 is 0 Å². The molecule has 2 aromatic rings. The highest BCUT2D eigenvalue weighted by Gasteiger charge is 2.15. The molecule has 2 rings (SSSR count). The van der Waals surface area contributed by atoms with Crippen molar-refractivity contribution in [2.75, 3.05) is 0 Å². The Morgan fingerprint density at radius 1 is 1.24 bits per heavy atom. The second-order valence-corrected chi connectivity index (χ2v) is 7.30. The van der Waals surface area contributed by atoms with Gasteiger partial charge in [0.05, 0.1) is 5.69 Å². The molecule has 0 saturated heterocycles. The number of hydrogen-bond acceptors (Lipinski definition) is 4. The highest BCUT2D eigenvalue weighted by Crippen LogP contribution is 2.31. The number of rotatable bonds is 6.